The molecule has 0 fully saturated rings. The minimum absolute atomic E-state index is 0.244. The summed E-state index contributed by atoms with van der Waals surface area (Å²) in [5.74, 6) is 0. The van der Waals surface area contributed by atoms with Crippen LogP contribution < -0.4 is 5.32 Å². The first kappa shape index (κ1) is 17.3. The van der Waals surface area contributed by atoms with E-state index in [1.165, 1.54) is 7.11 Å². The number of hydrogen-bond donors (Lipinski definition) is 2. The number of aromatic nitrogens is 3. The monoisotopic (exact) mass is 376 g/mol. The maximum Gasteiger partial charge on any atom is 0.407 e. The molecule has 1 heterocycles. The van der Waals surface area contributed by atoms with Gasteiger partial charge in [-0.2, -0.15) is 0 Å². The van der Waals surface area contributed by atoms with E-state index in [0.29, 0.717) is 15.7 Å². The van der Waals surface area contributed by atoms with Gasteiger partial charge in [0.1, 0.15) is 5.69 Å². The average Bonchev–Trinajstić information content (AvgIpc) is 3.11. The zero-order chi connectivity index (χ0) is 17.8. The van der Waals surface area contributed by atoms with Crippen LogP contribution in [0.1, 0.15) is 5.56 Å². The molecular formula is C17H14Cl2N4O2. The zero-order valence-electron chi connectivity index (χ0n) is 13.2. The molecule has 25 heavy (non-hydrogen) atoms. The number of hydrogen-bond acceptors (Lipinski definition) is 4. The number of carbonyl (C=O) groups excluding carboxylic acids is 1. The molecule has 8 heteroatoms. The van der Waals surface area contributed by atoms with Crippen LogP contribution in [-0.2, 0) is 11.3 Å². The highest BCUT2D eigenvalue weighted by molar-refractivity contribution is 6.31. The van der Waals surface area contributed by atoms with Gasteiger partial charge < -0.3 is 10.1 Å². The lowest BCUT2D eigenvalue weighted by molar-refractivity contribution is 0.170. The van der Waals surface area contributed by atoms with E-state index in [4.69, 9.17) is 23.2 Å². The second kappa shape index (κ2) is 7.55. The van der Waals surface area contributed by atoms with E-state index in [1.54, 1.807) is 18.2 Å². The summed E-state index contributed by atoms with van der Waals surface area (Å²) in [7, 11) is 1.31. The topological polar surface area (TPSA) is 79.9 Å². The van der Waals surface area contributed by atoms with Crippen LogP contribution in [0.25, 0.3) is 22.5 Å². The molecular weight excluding hydrogens is 363 g/mol. The number of rotatable bonds is 4. The lowest BCUT2D eigenvalue weighted by Crippen LogP contribution is -2.22. The fraction of sp³-hybridized carbons (Fsp3) is 0.118. The van der Waals surface area contributed by atoms with Crippen LogP contribution in [-0.4, -0.2) is 28.6 Å². The number of carbonyl (C=O) groups is 1. The summed E-state index contributed by atoms with van der Waals surface area (Å²) in [6, 6.07) is 12.8. The SMILES string of the molecule is COC(=O)NCc1cc(-c2nn[nH]c2-c2ccc(Cl)cc2)ccc1Cl. The van der Waals surface area contributed by atoms with Gasteiger partial charge in [-0.25, -0.2) is 4.79 Å². The Hall–Kier alpha value is -2.57. The number of halogens is 2. The van der Waals surface area contributed by atoms with Crippen LogP contribution in [0.15, 0.2) is 42.5 Å². The van der Waals surface area contributed by atoms with Gasteiger partial charge in [-0.15, -0.1) is 5.10 Å². The van der Waals surface area contributed by atoms with E-state index in [0.717, 1.165) is 22.4 Å². The largest absolute Gasteiger partial charge is 0.453 e. The first-order chi connectivity index (χ1) is 12.1. The average molecular weight is 377 g/mol. The van der Waals surface area contributed by atoms with Gasteiger partial charge >= 0.3 is 6.09 Å². The van der Waals surface area contributed by atoms with E-state index in [2.05, 4.69) is 25.5 Å². The van der Waals surface area contributed by atoms with Crippen molar-refractivity contribution in [1.29, 1.82) is 0 Å². The summed E-state index contributed by atoms with van der Waals surface area (Å²) >= 11 is 12.1. The molecule has 0 radical (unpaired) electrons. The molecule has 128 valence electrons. The number of ether oxygens (including phenoxy) is 1. The maximum absolute atomic E-state index is 11.3. The van der Waals surface area contributed by atoms with Crippen molar-refractivity contribution in [2.24, 2.45) is 0 Å². The van der Waals surface area contributed by atoms with Crippen LogP contribution in [0.3, 0.4) is 0 Å². The van der Waals surface area contributed by atoms with Crippen molar-refractivity contribution >= 4 is 29.3 Å². The Kier molecular flexibility index (Phi) is 5.21. The van der Waals surface area contributed by atoms with Crippen molar-refractivity contribution in [1.82, 2.24) is 20.7 Å². The Balaban J connectivity index is 1.94. The van der Waals surface area contributed by atoms with Gasteiger partial charge in [0.2, 0.25) is 0 Å². The molecule has 6 nitrogen and oxygen atoms in total. The Bertz CT molecular complexity index is 894. The van der Waals surface area contributed by atoms with Crippen LogP contribution in [0.2, 0.25) is 10.0 Å². The predicted molar refractivity (Wildman–Crippen MR) is 96.5 cm³/mol. The Morgan fingerprint density at radius 1 is 1.16 bits per heavy atom. The second-order valence-corrected chi connectivity index (χ2v) is 6.04. The van der Waals surface area contributed by atoms with Crippen molar-refractivity contribution < 1.29 is 9.53 Å². The lowest BCUT2D eigenvalue weighted by atomic mass is 10.0. The fourth-order valence-electron chi connectivity index (χ4n) is 2.34. The van der Waals surface area contributed by atoms with Gasteiger partial charge in [-0.3, -0.25) is 5.10 Å². The first-order valence-electron chi connectivity index (χ1n) is 7.36. The molecule has 0 unspecified atom stereocenters. The van der Waals surface area contributed by atoms with Crippen molar-refractivity contribution in [2.75, 3.05) is 7.11 Å². The predicted octanol–water partition coefficient (Wildman–Crippen LogP) is 4.30. The van der Waals surface area contributed by atoms with Crippen molar-refractivity contribution in [3.8, 4) is 22.5 Å². The van der Waals surface area contributed by atoms with Gasteiger partial charge in [0.05, 0.1) is 12.8 Å². The van der Waals surface area contributed by atoms with Gasteiger partial charge in [-0.05, 0) is 29.8 Å². The van der Waals surface area contributed by atoms with Crippen LogP contribution in [0, 0.1) is 0 Å². The van der Waals surface area contributed by atoms with E-state index in [9.17, 15) is 4.79 Å². The number of nitrogens with one attached hydrogen (secondary N) is 2. The number of H-pyrrole nitrogens is 1. The minimum atomic E-state index is -0.523. The maximum atomic E-state index is 11.3. The molecule has 0 aliphatic carbocycles. The zero-order valence-corrected chi connectivity index (χ0v) is 14.7. The molecule has 0 aliphatic heterocycles. The lowest BCUT2D eigenvalue weighted by Gasteiger charge is -2.09. The van der Waals surface area contributed by atoms with Crippen molar-refractivity contribution in [3.63, 3.8) is 0 Å². The highest BCUT2D eigenvalue weighted by Crippen LogP contribution is 2.31. The van der Waals surface area contributed by atoms with E-state index in [-0.39, 0.29) is 6.54 Å². The normalized spacial score (nSPS) is 10.5. The molecule has 0 atom stereocenters. The smallest absolute Gasteiger partial charge is 0.407 e. The number of amides is 1. The van der Waals surface area contributed by atoms with Gasteiger partial charge in [0, 0.05) is 27.7 Å². The molecule has 0 spiro atoms. The third kappa shape index (κ3) is 3.92. The molecule has 2 N–H and O–H groups in total. The van der Waals surface area contributed by atoms with Gasteiger partial charge in [0.15, 0.2) is 0 Å². The van der Waals surface area contributed by atoms with E-state index in [1.807, 2.05) is 24.3 Å². The molecule has 0 saturated carbocycles. The Morgan fingerprint density at radius 3 is 2.60 bits per heavy atom. The van der Waals surface area contributed by atoms with Gasteiger partial charge in [-0.1, -0.05) is 46.6 Å². The summed E-state index contributed by atoms with van der Waals surface area (Å²) in [6.07, 6.45) is -0.523. The highest BCUT2D eigenvalue weighted by atomic mass is 35.5. The van der Waals surface area contributed by atoms with Crippen LogP contribution in [0.5, 0.6) is 0 Å². The number of aromatic amines is 1. The fourth-order valence-corrected chi connectivity index (χ4v) is 2.66. The van der Waals surface area contributed by atoms with Gasteiger partial charge in [0.25, 0.3) is 0 Å². The number of benzene rings is 2. The van der Waals surface area contributed by atoms with E-state index < -0.39 is 6.09 Å². The molecule has 3 rings (SSSR count). The highest BCUT2D eigenvalue weighted by Gasteiger charge is 2.14. The molecule has 2 aromatic carbocycles. The second-order valence-electron chi connectivity index (χ2n) is 5.19. The molecule has 1 amide bonds. The number of methoxy groups -OCH3 is 1. The summed E-state index contributed by atoms with van der Waals surface area (Å²) < 4.78 is 4.57. The molecule has 3 aromatic rings. The minimum Gasteiger partial charge on any atom is -0.453 e. The van der Waals surface area contributed by atoms with Crippen LogP contribution >= 0.6 is 23.2 Å². The summed E-state index contributed by atoms with van der Waals surface area (Å²) in [5.41, 5.74) is 3.93. The third-order valence-electron chi connectivity index (χ3n) is 3.61. The third-order valence-corrected chi connectivity index (χ3v) is 4.23. The summed E-state index contributed by atoms with van der Waals surface area (Å²) in [5, 5.41) is 14.8. The van der Waals surface area contributed by atoms with Crippen molar-refractivity contribution in [3.05, 3.63) is 58.1 Å². The molecule has 1 aromatic heterocycles. The number of nitrogens with zero attached hydrogens (tertiary/aromatic N) is 2. The Morgan fingerprint density at radius 2 is 1.88 bits per heavy atom. The molecule has 0 bridgehead atoms. The Labute approximate surface area is 154 Å². The van der Waals surface area contributed by atoms with Crippen molar-refractivity contribution in [2.45, 2.75) is 6.54 Å². The standard InChI is InChI=1S/C17H14Cl2N4O2/c1-25-17(24)20-9-12-8-11(4-7-14(12)19)16-15(21-23-22-16)10-2-5-13(18)6-3-10/h2-8H,9H2,1H3,(H,20,24)(H,21,22,23). The molecule has 0 saturated heterocycles. The first-order valence-corrected chi connectivity index (χ1v) is 8.11. The summed E-state index contributed by atoms with van der Waals surface area (Å²) in [6.45, 7) is 0.244. The van der Waals surface area contributed by atoms with E-state index >= 15 is 0 Å². The molecule has 0 aliphatic rings. The quantitative estimate of drug-likeness (QED) is 0.711. The summed E-state index contributed by atoms with van der Waals surface area (Å²) in [4.78, 5) is 11.3. The number of alkyl carbamates (subject to hydrolysis) is 1. The van der Waals surface area contributed by atoms with Crippen LogP contribution in [0.4, 0.5) is 4.79 Å².